The molecule has 0 saturated carbocycles. The molecule has 12 nitrogen and oxygen atoms in total. The normalized spacial score (nSPS) is 15.9. The number of fused-ring (bicyclic) bond motifs is 1. The Balaban J connectivity index is 0.000000804. The molecule has 0 aromatic heterocycles. The van der Waals surface area contributed by atoms with E-state index in [9.17, 15) is 33.0 Å². The van der Waals surface area contributed by atoms with Crippen LogP contribution in [0.25, 0.3) is 0 Å². The lowest BCUT2D eigenvalue weighted by Crippen LogP contribution is -2.31. The Morgan fingerprint density at radius 2 is 1.62 bits per heavy atom. The number of anilines is 1. The van der Waals surface area contributed by atoms with Gasteiger partial charge in [-0.05, 0) is 49.4 Å². The first-order chi connectivity index (χ1) is 22.3. The van der Waals surface area contributed by atoms with Gasteiger partial charge in [0.25, 0.3) is 0 Å². The smallest absolute Gasteiger partial charge is 0.490 e. The Bertz CT molecular complexity index is 1560. The molecule has 16 heteroatoms. The minimum Gasteiger partial charge on any atom is -0.490 e. The molecule has 1 fully saturated rings. The molecule has 2 heterocycles. The molecule has 2 aromatic rings. The second-order valence-electron chi connectivity index (χ2n) is 12.0. The van der Waals surface area contributed by atoms with Crippen LogP contribution in [-0.4, -0.2) is 95.5 Å². The van der Waals surface area contributed by atoms with Crippen LogP contribution in [-0.2, 0) is 21.5 Å². The number of carbonyl (C=O) groups excluding carboxylic acids is 1. The molecule has 0 amide bonds. The number of halogens is 4. The minimum absolute atomic E-state index is 0.0461. The van der Waals surface area contributed by atoms with Gasteiger partial charge in [0.2, 0.25) is 0 Å². The summed E-state index contributed by atoms with van der Waals surface area (Å²) >= 11 is 0. The molecule has 1 saturated heterocycles. The first-order valence-corrected chi connectivity index (χ1v) is 15.0. The highest BCUT2D eigenvalue weighted by Crippen LogP contribution is 2.42. The highest BCUT2D eigenvalue weighted by molar-refractivity contribution is 6.06. The van der Waals surface area contributed by atoms with Gasteiger partial charge in [-0.25, -0.2) is 14.0 Å². The van der Waals surface area contributed by atoms with Crippen LogP contribution in [0.3, 0.4) is 0 Å². The summed E-state index contributed by atoms with van der Waals surface area (Å²) in [6.45, 7) is 10.1. The maximum Gasteiger partial charge on any atom is 0.490 e. The third-order valence-corrected chi connectivity index (χ3v) is 7.39. The fraction of sp³-hybridized carbons (Fsp3) is 0.500. The van der Waals surface area contributed by atoms with Gasteiger partial charge < -0.3 is 39.3 Å². The number of carbonyl (C=O) groups is 3. The molecular formula is C32H39F4N3O9. The predicted octanol–water partition coefficient (Wildman–Crippen LogP) is 4.61. The van der Waals surface area contributed by atoms with Gasteiger partial charge in [0.15, 0.2) is 29.7 Å². The SMILES string of the molecule is CCOc1cc2c(c(F)c1OCC)C(=N)N(CC(=O)c1cc(N3CCC(O)C3)c(OCC(=O)O)c(C(C)(C)C)c1)C2.O=C(O)C(F)(F)F. The van der Waals surface area contributed by atoms with Crippen molar-refractivity contribution in [3.05, 3.63) is 46.3 Å². The van der Waals surface area contributed by atoms with Crippen molar-refractivity contribution < 1.29 is 61.5 Å². The van der Waals surface area contributed by atoms with E-state index >= 15 is 4.39 Å². The third-order valence-electron chi connectivity index (χ3n) is 7.39. The van der Waals surface area contributed by atoms with Crippen molar-refractivity contribution in [2.45, 2.75) is 65.3 Å². The zero-order valence-electron chi connectivity index (χ0n) is 27.2. The number of β-amino-alcohol motifs (C(OH)–C–C–N with tert-alkyl or cyclic N) is 1. The molecule has 264 valence electrons. The van der Waals surface area contributed by atoms with Crippen LogP contribution in [0, 0.1) is 11.2 Å². The number of aliphatic hydroxyl groups is 1. The predicted molar refractivity (Wildman–Crippen MR) is 165 cm³/mol. The second kappa shape index (κ2) is 15.1. The number of Topliss-reactive ketones (excluding diaryl/α,β-unsaturated/α-hetero) is 1. The van der Waals surface area contributed by atoms with E-state index < -0.39 is 42.1 Å². The summed E-state index contributed by atoms with van der Waals surface area (Å²) in [5.41, 5.74) is 1.64. The Kier molecular flexibility index (Phi) is 11.9. The first kappa shape index (κ1) is 37.9. The lowest BCUT2D eigenvalue weighted by Gasteiger charge is -2.29. The Labute approximate surface area is 274 Å². The standard InChI is InChI=1S/C30H38FN3O7.C2HF3O2/c1-6-39-23-12-18-13-34(29(32)25(18)26(31)28(23)40-7-2)15-22(36)17-10-20(30(3,4)5)27(41-16-24(37)38)21(11-17)33-9-8-19(35)14-33;3-2(4,5)1(6)7/h10-12,19,32,35H,6-9,13-16H2,1-5H3,(H,37,38);(H,6,7). The van der Waals surface area contributed by atoms with Crippen molar-refractivity contribution in [2.75, 3.05) is 44.4 Å². The van der Waals surface area contributed by atoms with Crippen LogP contribution in [0.2, 0.25) is 0 Å². The molecule has 2 aliphatic rings. The molecule has 1 unspecified atom stereocenters. The van der Waals surface area contributed by atoms with E-state index in [1.807, 2.05) is 25.7 Å². The average molecular weight is 686 g/mol. The molecule has 48 heavy (non-hydrogen) atoms. The van der Waals surface area contributed by atoms with Crippen molar-refractivity contribution in [1.29, 1.82) is 5.41 Å². The van der Waals surface area contributed by atoms with Gasteiger partial charge in [-0.2, -0.15) is 13.2 Å². The van der Waals surface area contributed by atoms with Crippen LogP contribution >= 0.6 is 0 Å². The molecule has 2 aliphatic heterocycles. The number of carboxylic acid groups (broad SMARTS) is 2. The zero-order valence-corrected chi connectivity index (χ0v) is 27.2. The van der Waals surface area contributed by atoms with Gasteiger partial charge in [0.1, 0.15) is 11.6 Å². The quantitative estimate of drug-likeness (QED) is 0.192. The number of amidine groups is 1. The van der Waals surface area contributed by atoms with Crippen LogP contribution in [0.15, 0.2) is 18.2 Å². The van der Waals surface area contributed by atoms with E-state index in [-0.39, 0.29) is 48.4 Å². The van der Waals surface area contributed by atoms with Gasteiger partial charge in [-0.1, -0.05) is 20.8 Å². The van der Waals surface area contributed by atoms with Crippen LogP contribution in [0.1, 0.15) is 68.1 Å². The van der Waals surface area contributed by atoms with E-state index in [4.69, 9.17) is 29.5 Å². The van der Waals surface area contributed by atoms with Crippen LogP contribution < -0.4 is 19.1 Å². The van der Waals surface area contributed by atoms with E-state index in [0.29, 0.717) is 54.2 Å². The molecule has 0 radical (unpaired) electrons. The third kappa shape index (κ3) is 8.85. The number of aliphatic hydroxyl groups excluding tert-OH is 1. The van der Waals surface area contributed by atoms with Crippen molar-refractivity contribution >= 4 is 29.2 Å². The van der Waals surface area contributed by atoms with E-state index in [1.54, 1.807) is 32.0 Å². The Hall–Kier alpha value is -4.60. The summed E-state index contributed by atoms with van der Waals surface area (Å²) in [6.07, 6.45) is -5.11. The zero-order chi connectivity index (χ0) is 36.1. The molecule has 4 N–H and O–H groups in total. The fourth-order valence-corrected chi connectivity index (χ4v) is 5.24. The largest absolute Gasteiger partial charge is 0.490 e. The van der Waals surface area contributed by atoms with E-state index in [0.717, 1.165) is 0 Å². The van der Waals surface area contributed by atoms with Crippen molar-refractivity contribution in [2.24, 2.45) is 0 Å². The van der Waals surface area contributed by atoms with Gasteiger partial charge >= 0.3 is 18.1 Å². The van der Waals surface area contributed by atoms with Gasteiger partial charge in [-0.3, -0.25) is 10.2 Å². The molecule has 0 spiro atoms. The second-order valence-corrected chi connectivity index (χ2v) is 12.0. The summed E-state index contributed by atoms with van der Waals surface area (Å²) in [7, 11) is 0. The molecular weight excluding hydrogens is 646 g/mol. The summed E-state index contributed by atoms with van der Waals surface area (Å²) in [6, 6.07) is 5.01. The number of nitrogens with one attached hydrogen (secondary N) is 1. The number of hydrogen-bond acceptors (Lipinski definition) is 9. The molecule has 0 bridgehead atoms. The number of carboxylic acids is 2. The van der Waals surface area contributed by atoms with Crippen LogP contribution in [0.4, 0.5) is 23.2 Å². The van der Waals surface area contributed by atoms with Gasteiger partial charge in [0, 0.05) is 30.8 Å². The fourth-order valence-electron chi connectivity index (χ4n) is 5.24. The van der Waals surface area contributed by atoms with Crippen molar-refractivity contribution in [3.63, 3.8) is 0 Å². The minimum atomic E-state index is -5.08. The molecule has 2 aromatic carbocycles. The van der Waals surface area contributed by atoms with E-state index in [2.05, 4.69) is 0 Å². The highest BCUT2D eigenvalue weighted by atomic mass is 19.4. The highest BCUT2D eigenvalue weighted by Gasteiger charge is 2.38. The molecule has 0 aliphatic carbocycles. The number of hydrogen-bond donors (Lipinski definition) is 4. The monoisotopic (exact) mass is 685 g/mol. The Morgan fingerprint density at radius 3 is 2.12 bits per heavy atom. The summed E-state index contributed by atoms with van der Waals surface area (Å²) in [5, 5.41) is 35.3. The number of nitrogens with zero attached hydrogens (tertiary/aromatic N) is 2. The lowest BCUT2D eigenvalue weighted by molar-refractivity contribution is -0.192. The lowest BCUT2D eigenvalue weighted by atomic mass is 9.84. The molecule has 1 atom stereocenters. The van der Waals surface area contributed by atoms with Crippen molar-refractivity contribution in [3.8, 4) is 17.2 Å². The maximum atomic E-state index is 15.5. The van der Waals surface area contributed by atoms with E-state index in [1.165, 1.54) is 4.90 Å². The maximum absolute atomic E-state index is 15.5. The first-order valence-electron chi connectivity index (χ1n) is 15.0. The van der Waals surface area contributed by atoms with Gasteiger partial charge in [0.05, 0.1) is 37.1 Å². The number of benzene rings is 2. The summed E-state index contributed by atoms with van der Waals surface area (Å²) in [4.78, 5) is 37.4. The summed E-state index contributed by atoms with van der Waals surface area (Å²) in [5.74, 6) is -4.40. The van der Waals surface area contributed by atoms with Crippen molar-refractivity contribution in [1.82, 2.24) is 4.90 Å². The number of alkyl halides is 3. The number of ether oxygens (including phenoxy) is 3. The number of aliphatic carboxylic acids is 2. The molecule has 4 rings (SSSR count). The number of rotatable bonds is 11. The summed E-state index contributed by atoms with van der Waals surface area (Å²) < 4.78 is 64.1. The topological polar surface area (TPSA) is 170 Å². The average Bonchev–Trinajstić information content (AvgIpc) is 3.55. The number of ketones is 1. The van der Waals surface area contributed by atoms with Gasteiger partial charge in [-0.15, -0.1) is 0 Å². The Morgan fingerprint density at radius 1 is 1.00 bits per heavy atom. The van der Waals surface area contributed by atoms with Crippen LogP contribution in [0.5, 0.6) is 17.2 Å².